The Balaban J connectivity index is 0.924. The van der Waals surface area contributed by atoms with E-state index in [1.54, 1.807) is 42.5 Å². The molecule has 1 aliphatic heterocycles. The number of rotatable bonds is 11. The number of aromatic carboxylic acids is 1. The Kier molecular flexibility index (Phi) is 11.0. The van der Waals surface area contributed by atoms with Gasteiger partial charge >= 0.3 is 11.9 Å². The number of allylic oxidation sites excluding steroid dienone is 1. The van der Waals surface area contributed by atoms with Crippen LogP contribution >= 0.6 is 0 Å². The summed E-state index contributed by atoms with van der Waals surface area (Å²) < 4.78 is 17.9. The number of hydrogen-bond donors (Lipinski definition) is 1. The zero-order valence-corrected chi connectivity index (χ0v) is 27.2. The number of carboxylic acid groups (broad SMARTS) is 1. The molecule has 250 valence electrons. The molecule has 1 amide bonds. The van der Waals surface area contributed by atoms with Crippen LogP contribution in [0.1, 0.15) is 55.9 Å². The average Bonchev–Trinajstić information content (AvgIpc) is 3.38. The van der Waals surface area contributed by atoms with Crippen LogP contribution in [0, 0.1) is 5.92 Å². The first kappa shape index (κ1) is 33.4. The molecule has 1 heterocycles. The van der Waals surface area contributed by atoms with Gasteiger partial charge in [-0.05, 0) is 84.5 Å². The van der Waals surface area contributed by atoms with Gasteiger partial charge in [-0.2, -0.15) is 0 Å². The Labute approximate surface area is 286 Å². The number of piperidine rings is 1. The summed E-state index contributed by atoms with van der Waals surface area (Å²) in [5, 5.41) is 9.27. The van der Waals surface area contributed by atoms with E-state index in [9.17, 15) is 19.5 Å². The molecule has 0 spiro atoms. The highest BCUT2D eigenvalue weighted by atomic mass is 16.5. The van der Waals surface area contributed by atoms with Gasteiger partial charge in [0.15, 0.2) is 0 Å². The molecule has 49 heavy (non-hydrogen) atoms. The first-order chi connectivity index (χ1) is 23.9. The van der Waals surface area contributed by atoms with Crippen LogP contribution in [0.15, 0.2) is 127 Å². The Morgan fingerprint density at radius 3 is 2.20 bits per heavy atom. The van der Waals surface area contributed by atoms with Crippen molar-refractivity contribution in [3.63, 3.8) is 0 Å². The van der Waals surface area contributed by atoms with Crippen LogP contribution in [0.4, 0.5) is 0 Å². The minimum absolute atomic E-state index is 0.0487. The van der Waals surface area contributed by atoms with Crippen molar-refractivity contribution in [1.29, 1.82) is 0 Å². The quantitative estimate of drug-likeness (QED) is 0.131. The van der Waals surface area contributed by atoms with Gasteiger partial charge in [0, 0.05) is 24.6 Å². The normalized spacial score (nSPS) is 17.7. The second kappa shape index (κ2) is 16.1. The summed E-state index contributed by atoms with van der Waals surface area (Å²) >= 11 is 0. The summed E-state index contributed by atoms with van der Waals surface area (Å²) in [4.78, 5) is 38.8. The van der Waals surface area contributed by atoms with Crippen molar-refractivity contribution in [2.45, 2.75) is 38.1 Å². The first-order valence-corrected chi connectivity index (χ1v) is 16.6. The fraction of sp³-hybridized carbons (Fsp3) is 0.244. The van der Waals surface area contributed by atoms with E-state index in [0.717, 1.165) is 41.7 Å². The van der Waals surface area contributed by atoms with Crippen LogP contribution in [0.5, 0.6) is 5.75 Å². The van der Waals surface area contributed by atoms with Crippen molar-refractivity contribution in [2.24, 2.45) is 5.92 Å². The highest BCUT2D eigenvalue weighted by Crippen LogP contribution is 2.25. The third-order valence-corrected chi connectivity index (χ3v) is 8.76. The van der Waals surface area contributed by atoms with Gasteiger partial charge in [-0.15, -0.1) is 0 Å². The van der Waals surface area contributed by atoms with Gasteiger partial charge < -0.3 is 24.2 Å². The lowest BCUT2D eigenvalue weighted by Crippen LogP contribution is -2.41. The van der Waals surface area contributed by atoms with Crippen molar-refractivity contribution in [3.8, 4) is 16.9 Å². The summed E-state index contributed by atoms with van der Waals surface area (Å²) in [6, 6.07) is 30.7. The van der Waals surface area contributed by atoms with E-state index in [1.807, 2.05) is 65.6 Å². The molecule has 0 bridgehead atoms. The van der Waals surface area contributed by atoms with Crippen molar-refractivity contribution in [3.05, 3.63) is 150 Å². The monoisotopic (exact) mass is 657 g/mol. The Morgan fingerprint density at radius 2 is 1.47 bits per heavy atom. The molecule has 8 heteroatoms. The molecule has 6 rings (SSSR count). The maximum atomic E-state index is 13.2. The van der Waals surface area contributed by atoms with Crippen LogP contribution in [0.3, 0.4) is 0 Å². The molecule has 1 N–H and O–H groups in total. The number of amides is 1. The van der Waals surface area contributed by atoms with E-state index >= 15 is 0 Å². The van der Waals surface area contributed by atoms with E-state index in [0.29, 0.717) is 30.8 Å². The van der Waals surface area contributed by atoms with Crippen molar-refractivity contribution in [2.75, 3.05) is 19.7 Å². The predicted octanol–water partition coefficient (Wildman–Crippen LogP) is 7.61. The molecule has 0 saturated carbocycles. The molecule has 4 aromatic rings. The lowest BCUT2D eigenvalue weighted by atomic mass is 10.0. The van der Waals surface area contributed by atoms with Gasteiger partial charge in [0.2, 0.25) is 0 Å². The SMILES string of the molecule is O=C(O)c1cccc(-c2ccc(OCC3C=CC(OC4CCN(C(=O)c5ccc(C(=O)OCc6ccccc6)cc5)CC4)C=CC3)cc2)c1. The summed E-state index contributed by atoms with van der Waals surface area (Å²) in [5.41, 5.74) is 3.90. The predicted molar refractivity (Wildman–Crippen MR) is 187 cm³/mol. The molecule has 2 unspecified atom stereocenters. The molecule has 4 aromatic carbocycles. The van der Waals surface area contributed by atoms with E-state index in [4.69, 9.17) is 14.2 Å². The van der Waals surface area contributed by atoms with Crippen LogP contribution in [0.2, 0.25) is 0 Å². The van der Waals surface area contributed by atoms with Crippen LogP contribution in [0.25, 0.3) is 11.1 Å². The molecular weight excluding hydrogens is 618 g/mol. The molecule has 8 nitrogen and oxygen atoms in total. The molecule has 1 aliphatic carbocycles. The maximum Gasteiger partial charge on any atom is 0.338 e. The zero-order chi connectivity index (χ0) is 34.0. The van der Waals surface area contributed by atoms with Crippen LogP contribution in [-0.2, 0) is 16.1 Å². The van der Waals surface area contributed by atoms with E-state index < -0.39 is 11.9 Å². The number of carboxylic acids is 1. The molecule has 0 radical (unpaired) electrons. The van der Waals surface area contributed by atoms with E-state index in [2.05, 4.69) is 24.3 Å². The van der Waals surface area contributed by atoms with Crippen molar-refractivity contribution < 1.29 is 33.7 Å². The highest BCUT2D eigenvalue weighted by molar-refractivity contribution is 5.96. The van der Waals surface area contributed by atoms with Gasteiger partial charge in [0.1, 0.15) is 12.4 Å². The number of ether oxygens (including phenoxy) is 3. The number of esters is 1. The highest BCUT2D eigenvalue weighted by Gasteiger charge is 2.26. The molecule has 1 saturated heterocycles. The Hall–Kier alpha value is -5.47. The van der Waals surface area contributed by atoms with Crippen LogP contribution in [-0.4, -0.2) is 59.8 Å². The molecule has 2 aliphatic rings. The smallest absolute Gasteiger partial charge is 0.338 e. The lowest BCUT2D eigenvalue weighted by Gasteiger charge is -2.33. The average molecular weight is 658 g/mol. The van der Waals surface area contributed by atoms with E-state index in [1.165, 1.54) is 0 Å². The van der Waals surface area contributed by atoms with Gasteiger partial charge in [-0.1, -0.05) is 78.9 Å². The van der Waals surface area contributed by atoms with Gasteiger partial charge in [-0.3, -0.25) is 4.79 Å². The third kappa shape index (κ3) is 9.12. The topological polar surface area (TPSA) is 102 Å². The molecule has 0 aromatic heterocycles. The minimum Gasteiger partial charge on any atom is -0.493 e. The van der Waals surface area contributed by atoms with Gasteiger partial charge in [0.25, 0.3) is 5.91 Å². The largest absolute Gasteiger partial charge is 0.493 e. The number of likely N-dealkylation sites (tertiary alicyclic amines) is 1. The summed E-state index contributed by atoms with van der Waals surface area (Å²) in [5.74, 6) is -0.463. The second-order valence-corrected chi connectivity index (χ2v) is 12.3. The van der Waals surface area contributed by atoms with Crippen LogP contribution < -0.4 is 4.74 Å². The van der Waals surface area contributed by atoms with Crippen molar-refractivity contribution in [1.82, 2.24) is 4.90 Å². The number of hydrogen-bond acceptors (Lipinski definition) is 6. The number of carbonyl (C=O) groups is 3. The number of nitrogens with zero attached hydrogens (tertiary/aromatic N) is 1. The fourth-order valence-electron chi connectivity index (χ4n) is 5.94. The molecule has 2 atom stereocenters. The van der Waals surface area contributed by atoms with E-state index in [-0.39, 0.29) is 36.2 Å². The Bertz CT molecular complexity index is 1790. The van der Waals surface area contributed by atoms with Gasteiger partial charge in [0.05, 0.1) is 29.9 Å². The number of benzene rings is 4. The zero-order valence-electron chi connectivity index (χ0n) is 27.2. The minimum atomic E-state index is -0.946. The maximum absolute atomic E-state index is 13.2. The first-order valence-electron chi connectivity index (χ1n) is 16.6. The lowest BCUT2D eigenvalue weighted by molar-refractivity contribution is -0.00282. The fourth-order valence-corrected chi connectivity index (χ4v) is 5.94. The third-order valence-electron chi connectivity index (χ3n) is 8.76. The molecule has 1 fully saturated rings. The van der Waals surface area contributed by atoms with Gasteiger partial charge in [-0.25, -0.2) is 9.59 Å². The second-order valence-electron chi connectivity index (χ2n) is 12.3. The summed E-state index contributed by atoms with van der Waals surface area (Å²) in [6.07, 6.45) is 10.7. The summed E-state index contributed by atoms with van der Waals surface area (Å²) in [7, 11) is 0. The number of carbonyl (C=O) groups excluding carboxylic acids is 2. The standard InChI is InChI=1S/C41H39NO7/c43-39(32-13-15-33(16-14-32)41(46)48-28-29-6-2-1-3-7-29)42-24-22-38(23-25-42)49-37-11-4-8-30(12-19-37)27-47-36-20-17-31(18-21-36)34-9-5-10-35(26-34)40(44)45/h1-7,9-21,26,30,37-38H,8,22-25,27-28H2,(H,44,45). The Morgan fingerprint density at radius 1 is 0.735 bits per heavy atom. The van der Waals surface area contributed by atoms with Crippen molar-refractivity contribution >= 4 is 17.8 Å². The molecular formula is C41H39NO7. The summed E-state index contributed by atoms with van der Waals surface area (Å²) in [6.45, 7) is 1.93.